The summed E-state index contributed by atoms with van der Waals surface area (Å²) >= 11 is 3.22. The first kappa shape index (κ1) is 10.2. The third kappa shape index (κ3) is 2.09. The summed E-state index contributed by atoms with van der Waals surface area (Å²) in [5, 5.41) is 4.17. The van der Waals surface area contributed by atoms with Crippen molar-refractivity contribution in [3.63, 3.8) is 0 Å². The average molecular weight is 248 g/mol. The summed E-state index contributed by atoms with van der Waals surface area (Å²) in [6, 6.07) is 0. The second-order valence-corrected chi connectivity index (χ2v) is 2.99. The Morgan fingerprint density at radius 1 is 1.69 bits per heavy atom. The van der Waals surface area contributed by atoms with Crippen molar-refractivity contribution in [1.29, 1.82) is 0 Å². The van der Waals surface area contributed by atoms with Gasteiger partial charge in [0.2, 0.25) is 0 Å². The van der Waals surface area contributed by atoms with Crippen molar-refractivity contribution < 1.29 is 14.1 Å². The molecule has 1 aromatic heterocycles. The van der Waals surface area contributed by atoms with Crippen LogP contribution in [0.15, 0.2) is 4.52 Å². The Bertz CT molecular complexity index is 308. The number of nitrogens with zero attached hydrogens (tertiary/aromatic N) is 1. The molecular weight excluding hydrogens is 238 g/mol. The number of carbonyl (C=O) groups is 1. The molecule has 1 rings (SSSR count). The van der Waals surface area contributed by atoms with Crippen LogP contribution in [0.3, 0.4) is 0 Å². The van der Waals surface area contributed by atoms with Gasteiger partial charge >= 0.3 is 5.97 Å². The molecule has 0 unspecified atom stereocenters. The molecular formula is C8H10BrNO3. The fourth-order valence-electron chi connectivity index (χ4n) is 0.884. The van der Waals surface area contributed by atoms with Crippen LogP contribution in [0.2, 0.25) is 0 Å². The lowest BCUT2D eigenvalue weighted by Gasteiger charge is -1.97. The Morgan fingerprint density at radius 2 is 2.38 bits per heavy atom. The van der Waals surface area contributed by atoms with Crippen LogP contribution in [-0.2, 0) is 10.1 Å². The highest BCUT2D eigenvalue weighted by Gasteiger charge is 2.18. The zero-order valence-corrected chi connectivity index (χ0v) is 9.05. The number of ether oxygens (including phenoxy) is 1. The lowest BCUT2D eigenvalue weighted by Crippen LogP contribution is -2.06. The van der Waals surface area contributed by atoms with Gasteiger partial charge in [0.15, 0.2) is 11.5 Å². The topological polar surface area (TPSA) is 52.3 Å². The molecule has 5 heteroatoms. The van der Waals surface area contributed by atoms with Crippen LogP contribution in [0.1, 0.15) is 28.7 Å². The molecule has 1 aromatic rings. The summed E-state index contributed by atoms with van der Waals surface area (Å²) in [5.41, 5.74) is 0.992. The summed E-state index contributed by atoms with van der Waals surface area (Å²) in [6.45, 7) is 3.87. The van der Waals surface area contributed by atoms with Gasteiger partial charge in [0, 0.05) is 5.56 Å². The van der Waals surface area contributed by atoms with Gasteiger partial charge in [0.25, 0.3) is 0 Å². The standard InChI is InChI=1S/C8H10BrNO3/c1-3-12-8(11)7-5(2)6(4-9)13-10-7/h3-4H2,1-2H3. The molecule has 0 spiro atoms. The van der Waals surface area contributed by atoms with E-state index in [9.17, 15) is 4.79 Å². The molecule has 4 nitrogen and oxygen atoms in total. The molecule has 0 radical (unpaired) electrons. The third-order valence-corrected chi connectivity index (χ3v) is 2.12. The molecule has 72 valence electrons. The third-order valence-electron chi connectivity index (χ3n) is 1.61. The van der Waals surface area contributed by atoms with Crippen LogP contribution in [0.5, 0.6) is 0 Å². The van der Waals surface area contributed by atoms with Crippen LogP contribution in [0.25, 0.3) is 0 Å². The summed E-state index contributed by atoms with van der Waals surface area (Å²) in [5.74, 6) is 0.221. The molecule has 0 amide bonds. The molecule has 13 heavy (non-hydrogen) atoms. The smallest absolute Gasteiger partial charge is 0.360 e. The van der Waals surface area contributed by atoms with E-state index in [1.165, 1.54) is 0 Å². The van der Waals surface area contributed by atoms with Crippen molar-refractivity contribution in [2.24, 2.45) is 0 Å². The minimum atomic E-state index is -0.434. The van der Waals surface area contributed by atoms with E-state index in [2.05, 4.69) is 21.1 Å². The van der Waals surface area contributed by atoms with Crippen LogP contribution < -0.4 is 0 Å². The Balaban J connectivity index is 2.89. The van der Waals surface area contributed by atoms with Crippen molar-refractivity contribution in [1.82, 2.24) is 5.16 Å². The fraction of sp³-hybridized carbons (Fsp3) is 0.500. The van der Waals surface area contributed by atoms with Gasteiger partial charge in [-0.05, 0) is 13.8 Å². The predicted octanol–water partition coefficient (Wildman–Crippen LogP) is 2.05. The number of hydrogen-bond donors (Lipinski definition) is 0. The number of rotatable bonds is 3. The first-order valence-corrected chi connectivity index (χ1v) is 5.01. The van der Waals surface area contributed by atoms with Crippen molar-refractivity contribution in [3.8, 4) is 0 Å². The molecule has 0 bridgehead atoms. The van der Waals surface area contributed by atoms with E-state index in [1.54, 1.807) is 13.8 Å². The normalized spacial score (nSPS) is 10.1. The van der Waals surface area contributed by atoms with E-state index in [0.717, 1.165) is 5.56 Å². The van der Waals surface area contributed by atoms with Gasteiger partial charge in [-0.3, -0.25) is 0 Å². The van der Waals surface area contributed by atoms with E-state index < -0.39 is 5.97 Å². The molecule has 0 fully saturated rings. The zero-order chi connectivity index (χ0) is 9.84. The Kier molecular flexibility index (Phi) is 3.48. The summed E-state index contributed by atoms with van der Waals surface area (Å²) < 4.78 is 9.70. The van der Waals surface area contributed by atoms with E-state index in [0.29, 0.717) is 17.7 Å². The van der Waals surface area contributed by atoms with Crippen molar-refractivity contribution >= 4 is 21.9 Å². The number of esters is 1. The molecule has 0 aliphatic carbocycles. The quantitative estimate of drug-likeness (QED) is 0.606. The monoisotopic (exact) mass is 247 g/mol. The number of carbonyl (C=O) groups excluding carboxylic acids is 1. The van der Waals surface area contributed by atoms with E-state index in [-0.39, 0.29) is 5.69 Å². The lowest BCUT2D eigenvalue weighted by molar-refractivity contribution is 0.0514. The number of halogens is 1. The minimum absolute atomic E-state index is 0.260. The second-order valence-electron chi connectivity index (χ2n) is 2.43. The molecule has 0 aliphatic rings. The van der Waals surface area contributed by atoms with Crippen molar-refractivity contribution in [2.45, 2.75) is 19.2 Å². The predicted molar refractivity (Wildman–Crippen MR) is 49.8 cm³/mol. The van der Waals surface area contributed by atoms with E-state index >= 15 is 0 Å². The minimum Gasteiger partial charge on any atom is -0.461 e. The largest absolute Gasteiger partial charge is 0.461 e. The molecule has 1 heterocycles. The maximum atomic E-state index is 11.2. The Hall–Kier alpha value is -0.840. The van der Waals surface area contributed by atoms with Gasteiger partial charge < -0.3 is 9.26 Å². The van der Waals surface area contributed by atoms with Gasteiger partial charge in [0.05, 0.1) is 11.9 Å². The maximum Gasteiger partial charge on any atom is 0.360 e. The SMILES string of the molecule is CCOC(=O)c1noc(CBr)c1C. The zero-order valence-electron chi connectivity index (χ0n) is 7.46. The first-order valence-electron chi connectivity index (χ1n) is 3.89. The molecule has 0 saturated heterocycles. The number of aromatic nitrogens is 1. The summed E-state index contributed by atoms with van der Waals surface area (Å²) in [4.78, 5) is 11.2. The van der Waals surface area contributed by atoms with Gasteiger partial charge in [0.1, 0.15) is 0 Å². The molecule has 0 aromatic carbocycles. The summed E-state index contributed by atoms with van der Waals surface area (Å²) in [7, 11) is 0. The maximum absolute atomic E-state index is 11.2. The average Bonchev–Trinajstić information content (AvgIpc) is 2.47. The van der Waals surface area contributed by atoms with Crippen LogP contribution in [-0.4, -0.2) is 17.7 Å². The molecule has 0 saturated carbocycles. The van der Waals surface area contributed by atoms with Gasteiger partial charge in [-0.15, -0.1) is 0 Å². The highest BCUT2D eigenvalue weighted by atomic mass is 79.9. The van der Waals surface area contributed by atoms with Gasteiger partial charge in [-0.2, -0.15) is 0 Å². The molecule has 0 atom stereocenters. The second kappa shape index (κ2) is 4.41. The Labute approximate surface area is 84.4 Å². The van der Waals surface area contributed by atoms with Gasteiger partial charge in [-0.25, -0.2) is 4.79 Å². The molecule has 0 aliphatic heterocycles. The number of alkyl halides is 1. The highest BCUT2D eigenvalue weighted by molar-refractivity contribution is 9.08. The van der Waals surface area contributed by atoms with Crippen molar-refractivity contribution in [3.05, 3.63) is 17.0 Å². The highest BCUT2D eigenvalue weighted by Crippen LogP contribution is 2.16. The van der Waals surface area contributed by atoms with Crippen molar-refractivity contribution in [2.75, 3.05) is 6.61 Å². The first-order chi connectivity index (χ1) is 6.20. The van der Waals surface area contributed by atoms with Crippen LogP contribution in [0.4, 0.5) is 0 Å². The van der Waals surface area contributed by atoms with E-state index in [1.807, 2.05) is 0 Å². The lowest BCUT2D eigenvalue weighted by atomic mass is 10.2. The number of hydrogen-bond acceptors (Lipinski definition) is 4. The van der Waals surface area contributed by atoms with Crippen LogP contribution in [0, 0.1) is 6.92 Å². The molecule has 0 N–H and O–H groups in total. The fourth-order valence-corrected chi connectivity index (χ4v) is 1.41. The van der Waals surface area contributed by atoms with Gasteiger partial charge in [-0.1, -0.05) is 21.1 Å². The summed E-state index contributed by atoms with van der Waals surface area (Å²) in [6.07, 6.45) is 0. The van der Waals surface area contributed by atoms with E-state index in [4.69, 9.17) is 9.26 Å². The Morgan fingerprint density at radius 3 is 2.85 bits per heavy atom. The van der Waals surface area contributed by atoms with Crippen LogP contribution >= 0.6 is 15.9 Å².